The van der Waals surface area contributed by atoms with Crippen molar-refractivity contribution in [3.05, 3.63) is 90.0 Å². The zero-order chi connectivity index (χ0) is 22.2. The molecule has 0 spiro atoms. The highest BCUT2D eigenvalue weighted by Gasteiger charge is 2.16. The van der Waals surface area contributed by atoms with Gasteiger partial charge in [-0.3, -0.25) is 4.79 Å². The van der Waals surface area contributed by atoms with Crippen molar-refractivity contribution >= 4 is 11.8 Å². The summed E-state index contributed by atoms with van der Waals surface area (Å²) in [6.45, 7) is -0.517. The molecule has 4 nitrogen and oxygen atoms in total. The Labute approximate surface area is 189 Å². The summed E-state index contributed by atoms with van der Waals surface area (Å²) in [7, 11) is 0. The van der Waals surface area contributed by atoms with Crippen LogP contribution in [0.2, 0.25) is 0 Å². The van der Waals surface area contributed by atoms with E-state index >= 15 is 0 Å². The third kappa shape index (κ3) is 5.85. The van der Waals surface area contributed by atoms with Gasteiger partial charge in [0.1, 0.15) is 5.75 Å². The molecule has 1 aliphatic carbocycles. The van der Waals surface area contributed by atoms with Crippen molar-refractivity contribution in [2.75, 3.05) is 13.2 Å². The molecule has 1 saturated carbocycles. The molecule has 0 amide bonds. The monoisotopic (exact) mass is 428 g/mol. The second-order valence-electron chi connectivity index (χ2n) is 8.22. The van der Waals surface area contributed by atoms with Gasteiger partial charge in [0.15, 0.2) is 19.0 Å². The van der Waals surface area contributed by atoms with Crippen LogP contribution in [0.1, 0.15) is 53.9 Å². The van der Waals surface area contributed by atoms with Gasteiger partial charge in [-0.1, -0.05) is 86.0 Å². The Kier molecular flexibility index (Phi) is 7.34. The van der Waals surface area contributed by atoms with Crippen molar-refractivity contribution in [2.45, 2.75) is 38.0 Å². The summed E-state index contributed by atoms with van der Waals surface area (Å²) >= 11 is 0. The zero-order valence-electron chi connectivity index (χ0n) is 18.2. The first-order valence-electron chi connectivity index (χ1n) is 11.3. The number of esters is 1. The molecular formula is C28H28O4. The van der Waals surface area contributed by atoms with Gasteiger partial charge < -0.3 is 9.47 Å². The lowest BCUT2D eigenvalue weighted by Gasteiger charge is -2.22. The lowest BCUT2D eigenvalue weighted by atomic mass is 9.84. The first kappa shape index (κ1) is 21.8. The average Bonchev–Trinajstić information content (AvgIpc) is 2.87. The van der Waals surface area contributed by atoms with E-state index in [2.05, 4.69) is 0 Å². The van der Waals surface area contributed by atoms with Crippen molar-refractivity contribution in [3.8, 4) is 16.9 Å². The maximum absolute atomic E-state index is 12.4. The minimum Gasteiger partial charge on any atom is -0.482 e. The summed E-state index contributed by atoms with van der Waals surface area (Å²) in [5.41, 5.74) is 4.05. The van der Waals surface area contributed by atoms with Crippen LogP contribution in [0.25, 0.3) is 11.1 Å². The van der Waals surface area contributed by atoms with Crippen molar-refractivity contribution in [3.63, 3.8) is 0 Å². The van der Waals surface area contributed by atoms with E-state index in [0.717, 1.165) is 11.1 Å². The number of Topliss-reactive ketones (excluding diaryl/α,β-unsaturated/α-hetero) is 1. The number of carbonyl (C=O) groups excluding carboxylic acids is 2. The molecule has 3 aromatic carbocycles. The van der Waals surface area contributed by atoms with E-state index in [1.165, 1.54) is 37.7 Å². The summed E-state index contributed by atoms with van der Waals surface area (Å²) in [4.78, 5) is 24.4. The van der Waals surface area contributed by atoms with Crippen molar-refractivity contribution in [1.29, 1.82) is 0 Å². The third-order valence-corrected chi connectivity index (χ3v) is 5.99. The lowest BCUT2D eigenvalue weighted by molar-refractivity contribution is -0.144. The second-order valence-corrected chi connectivity index (χ2v) is 8.22. The molecule has 0 radical (unpaired) electrons. The van der Waals surface area contributed by atoms with Crippen LogP contribution >= 0.6 is 0 Å². The van der Waals surface area contributed by atoms with Crippen LogP contribution < -0.4 is 4.74 Å². The number of ketones is 1. The Morgan fingerprint density at radius 1 is 0.719 bits per heavy atom. The molecule has 0 atom stereocenters. The summed E-state index contributed by atoms with van der Waals surface area (Å²) in [5, 5.41) is 0. The predicted octanol–water partition coefficient (Wildman–Crippen LogP) is 6.21. The molecule has 0 unspecified atom stereocenters. The molecule has 3 aromatic rings. The Morgan fingerprint density at radius 2 is 1.38 bits per heavy atom. The largest absolute Gasteiger partial charge is 0.482 e. The standard InChI is InChI=1S/C28H28O4/c29-27(25-13-11-23(12-14-25)21-7-3-1-4-8-21)19-32-28(30)20-31-26-17-15-24(16-18-26)22-9-5-2-6-10-22/h2,5-6,9-18,21H,1,3-4,7-8,19-20H2. The second kappa shape index (κ2) is 10.8. The molecule has 0 heterocycles. The Hall–Kier alpha value is -3.40. The Bertz CT molecular complexity index is 1020. The van der Waals surface area contributed by atoms with Crippen molar-refractivity contribution in [2.24, 2.45) is 0 Å². The number of hydrogen-bond donors (Lipinski definition) is 0. The molecule has 0 aromatic heterocycles. The summed E-state index contributed by atoms with van der Waals surface area (Å²) in [5.74, 6) is 0.404. The SMILES string of the molecule is O=C(COc1ccc(-c2ccccc2)cc1)OCC(=O)c1ccc(C2CCCCC2)cc1. The van der Waals surface area contributed by atoms with E-state index in [0.29, 0.717) is 17.2 Å². The molecule has 1 aliphatic rings. The molecule has 0 bridgehead atoms. The van der Waals surface area contributed by atoms with E-state index in [9.17, 15) is 9.59 Å². The van der Waals surface area contributed by atoms with Gasteiger partial charge in [-0.15, -0.1) is 0 Å². The topological polar surface area (TPSA) is 52.6 Å². The fourth-order valence-corrected chi connectivity index (χ4v) is 4.16. The molecule has 164 valence electrons. The smallest absolute Gasteiger partial charge is 0.344 e. The number of benzene rings is 3. The molecule has 4 rings (SSSR count). The fourth-order valence-electron chi connectivity index (χ4n) is 4.16. The minimum atomic E-state index is -0.565. The highest BCUT2D eigenvalue weighted by Crippen LogP contribution is 2.32. The minimum absolute atomic E-state index is 0.208. The number of ether oxygens (including phenoxy) is 2. The Balaban J connectivity index is 1.22. The predicted molar refractivity (Wildman–Crippen MR) is 125 cm³/mol. The van der Waals surface area contributed by atoms with E-state index in [1.807, 2.05) is 78.9 Å². The summed E-state index contributed by atoms with van der Waals surface area (Å²) in [6.07, 6.45) is 6.32. The molecule has 0 aliphatic heterocycles. The van der Waals surface area contributed by atoms with Crippen LogP contribution in [0.5, 0.6) is 5.75 Å². The number of carbonyl (C=O) groups is 2. The van der Waals surface area contributed by atoms with Gasteiger partial charge in [0, 0.05) is 5.56 Å². The average molecular weight is 429 g/mol. The van der Waals surface area contributed by atoms with Gasteiger partial charge in [-0.2, -0.15) is 0 Å². The van der Waals surface area contributed by atoms with Crippen LogP contribution in [0, 0.1) is 0 Å². The van der Waals surface area contributed by atoms with E-state index in [4.69, 9.17) is 9.47 Å². The van der Waals surface area contributed by atoms with Crippen LogP contribution in [0.4, 0.5) is 0 Å². The first-order chi connectivity index (χ1) is 15.7. The third-order valence-electron chi connectivity index (χ3n) is 5.99. The molecule has 0 saturated heterocycles. The van der Waals surface area contributed by atoms with Gasteiger partial charge in [0.2, 0.25) is 0 Å². The quantitative estimate of drug-likeness (QED) is 0.316. The van der Waals surface area contributed by atoms with Gasteiger partial charge in [0.25, 0.3) is 0 Å². The first-order valence-corrected chi connectivity index (χ1v) is 11.3. The van der Waals surface area contributed by atoms with E-state index in [-0.39, 0.29) is 19.0 Å². The lowest BCUT2D eigenvalue weighted by Crippen LogP contribution is -2.19. The highest BCUT2D eigenvalue weighted by molar-refractivity contribution is 5.98. The van der Waals surface area contributed by atoms with Crippen LogP contribution in [-0.4, -0.2) is 25.0 Å². The maximum Gasteiger partial charge on any atom is 0.344 e. The highest BCUT2D eigenvalue weighted by atomic mass is 16.6. The van der Waals surface area contributed by atoms with Crippen LogP contribution in [0.15, 0.2) is 78.9 Å². The van der Waals surface area contributed by atoms with E-state index < -0.39 is 5.97 Å². The van der Waals surface area contributed by atoms with E-state index in [1.54, 1.807) is 0 Å². The normalized spacial score (nSPS) is 14.0. The van der Waals surface area contributed by atoms with Gasteiger partial charge in [0.05, 0.1) is 0 Å². The molecule has 0 N–H and O–H groups in total. The molecule has 32 heavy (non-hydrogen) atoms. The summed E-state index contributed by atoms with van der Waals surface area (Å²) in [6, 6.07) is 25.3. The molecule has 4 heteroatoms. The van der Waals surface area contributed by atoms with Gasteiger partial charge in [-0.05, 0) is 47.6 Å². The number of hydrogen-bond acceptors (Lipinski definition) is 4. The zero-order valence-corrected chi connectivity index (χ0v) is 18.2. The van der Waals surface area contributed by atoms with Crippen LogP contribution in [-0.2, 0) is 9.53 Å². The maximum atomic E-state index is 12.4. The molecule has 1 fully saturated rings. The van der Waals surface area contributed by atoms with Crippen molar-refractivity contribution in [1.82, 2.24) is 0 Å². The Morgan fingerprint density at radius 3 is 2.06 bits per heavy atom. The number of rotatable bonds is 8. The summed E-state index contributed by atoms with van der Waals surface area (Å²) < 4.78 is 10.6. The van der Waals surface area contributed by atoms with Gasteiger partial charge in [-0.25, -0.2) is 4.79 Å². The molecular weight excluding hydrogens is 400 g/mol. The van der Waals surface area contributed by atoms with Crippen molar-refractivity contribution < 1.29 is 19.1 Å². The fraction of sp³-hybridized carbons (Fsp3) is 0.286. The van der Waals surface area contributed by atoms with Gasteiger partial charge >= 0.3 is 5.97 Å². The van der Waals surface area contributed by atoms with Crippen LogP contribution in [0.3, 0.4) is 0 Å².